The molecular weight excluding hydrogens is 286 g/mol. The van der Waals surface area contributed by atoms with E-state index in [-0.39, 0.29) is 0 Å². The zero-order valence-corrected chi connectivity index (χ0v) is 13.3. The summed E-state index contributed by atoms with van der Waals surface area (Å²) in [6.45, 7) is 2.31. The Labute approximate surface area is 136 Å². The van der Waals surface area contributed by atoms with Crippen LogP contribution in [0.1, 0.15) is 18.7 Å². The second-order valence-corrected chi connectivity index (χ2v) is 5.58. The minimum atomic E-state index is 0.695. The number of aromatic nitrogens is 2. The second kappa shape index (κ2) is 7.79. The summed E-state index contributed by atoms with van der Waals surface area (Å²) in [5.74, 6) is 2.04. The van der Waals surface area contributed by atoms with Gasteiger partial charge >= 0.3 is 0 Å². The van der Waals surface area contributed by atoms with Gasteiger partial charge in [0.25, 0.3) is 0 Å². The van der Waals surface area contributed by atoms with Crippen LogP contribution < -0.4 is 10.5 Å². The summed E-state index contributed by atoms with van der Waals surface area (Å²) >= 11 is 0. The number of para-hydroxylation sites is 3. The van der Waals surface area contributed by atoms with Crippen molar-refractivity contribution in [3.05, 3.63) is 60.4 Å². The highest BCUT2D eigenvalue weighted by Crippen LogP contribution is 2.18. The van der Waals surface area contributed by atoms with Gasteiger partial charge in [0.15, 0.2) is 0 Å². The minimum absolute atomic E-state index is 0.695. The van der Waals surface area contributed by atoms with Gasteiger partial charge < -0.3 is 15.0 Å². The molecule has 2 aromatic carbocycles. The van der Waals surface area contributed by atoms with E-state index in [1.54, 1.807) is 0 Å². The lowest BCUT2D eigenvalue weighted by Gasteiger charge is -2.10. The fraction of sp³-hybridized carbons (Fsp3) is 0.316. The lowest BCUT2D eigenvalue weighted by atomic mass is 10.3. The van der Waals surface area contributed by atoms with Gasteiger partial charge in [-0.05, 0) is 43.7 Å². The third-order valence-electron chi connectivity index (χ3n) is 3.88. The first-order chi connectivity index (χ1) is 11.4. The molecule has 0 saturated heterocycles. The first-order valence-electron chi connectivity index (χ1n) is 8.20. The van der Waals surface area contributed by atoms with Crippen molar-refractivity contribution in [1.29, 1.82) is 0 Å². The number of nitrogens with zero attached hydrogens (tertiary/aromatic N) is 2. The Balaban J connectivity index is 1.66. The number of nitrogens with two attached hydrogens (primary N) is 1. The van der Waals surface area contributed by atoms with Crippen LogP contribution in [0.25, 0.3) is 11.0 Å². The monoisotopic (exact) mass is 309 g/mol. The molecule has 0 atom stereocenters. The summed E-state index contributed by atoms with van der Waals surface area (Å²) in [7, 11) is 0. The van der Waals surface area contributed by atoms with Crippen LogP contribution in [-0.4, -0.2) is 22.7 Å². The Bertz CT molecular complexity index is 737. The van der Waals surface area contributed by atoms with Crippen molar-refractivity contribution in [3.8, 4) is 5.75 Å². The van der Waals surface area contributed by atoms with Crippen molar-refractivity contribution in [2.45, 2.75) is 25.8 Å². The maximum atomic E-state index is 5.78. The molecule has 3 rings (SSSR count). The largest absolute Gasteiger partial charge is 0.494 e. The van der Waals surface area contributed by atoms with Gasteiger partial charge in [-0.1, -0.05) is 30.3 Å². The summed E-state index contributed by atoms with van der Waals surface area (Å²) in [4.78, 5) is 4.75. The summed E-state index contributed by atoms with van der Waals surface area (Å²) in [5, 5.41) is 0. The zero-order valence-electron chi connectivity index (χ0n) is 13.3. The average Bonchev–Trinajstić information content (AvgIpc) is 2.95. The Morgan fingerprint density at radius 3 is 2.57 bits per heavy atom. The molecule has 0 spiro atoms. The van der Waals surface area contributed by atoms with E-state index in [0.717, 1.165) is 42.9 Å². The molecular formula is C19H23N3O. The van der Waals surface area contributed by atoms with Gasteiger partial charge in [-0.2, -0.15) is 0 Å². The summed E-state index contributed by atoms with van der Waals surface area (Å²) in [5.41, 5.74) is 7.90. The molecule has 1 aromatic heterocycles. The molecule has 4 nitrogen and oxygen atoms in total. The Morgan fingerprint density at radius 2 is 1.74 bits per heavy atom. The van der Waals surface area contributed by atoms with Crippen molar-refractivity contribution in [2.24, 2.45) is 5.73 Å². The molecule has 0 aliphatic rings. The van der Waals surface area contributed by atoms with E-state index in [0.29, 0.717) is 13.2 Å². The van der Waals surface area contributed by atoms with E-state index in [2.05, 4.69) is 22.8 Å². The SMILES string of the molecule is NCCCc1nc2ccccc2n1CCCOc1ccccc1. The highest BCUT2D eigenvalue weighted by Gasteiger charge is 2.09. The van der Waals surface area contributed by atoms with Crippen LogP contribution >= 0.6 is 0 Å². The number of imidazole rings is 1. The highest BCUT2D eigenvalue weighted by atomic mass is 16.5. The normalized spacial score (nSPS) is 11.0. The molecule has 0 aliphatic carbocycles. The topological polar surface area (TPSA) is 53.1 Å². The average molecular weight is 309 g/mol. The number of fused-ring (bicyclic) bond motifs is 1. The molecule has 4 heteroatoms. The molecule has 0 fully saturated rings. The molecule has 0 bridgehead atoms. The summed E-state index contributed by atoms with van der Waals surface area (Å²) in [6.07, 6.45) is 2.83. The molecule has 0 saturated carbocycles. The molecule has 0 aliphatic heterocycles. The molecule has 1 heterocycles. The third-order valence-corrected chi connectivity index (χ3v) is 3.88. The molecule has 2 N–H and O–H groups in total. The number of aryl methyl sites for hydroxylation is 2. The third kappa shape index (κ3) is 3.90. The van der Waals surface area contributed by atoms with Crippen molar-refractivity contribution in [1.82, 2.24) is 9.55 Å². The van der Waals surface area contributed by atoms with Gasteiger partial charge in [0, 0.05) is 13.0 Å². The predicted molar refractivity (Wildman–Crippen MR) is 93.7 cm³/mol. The molecule has 120 valence electrons. The van der Waals surface area contributed by atoms with Crippen molar-refractivity contribution >= 4 is 11.0 Å². The first-order valence-corrected chi connectivity index (χ1v) is 8.20. The number of benzene rings is 2. The zero-order chi connectivity index (χ0) is 15.9. The van der Waals surface area contributed by atoms with Crippen molar-refractivity contribution < 1.29 is 4.74 Å². The lowest BCUT2D eigenvalue weighted by Crippen LogP contribution is -2.09. The predicted octanol–water partition coefficient (Wildman–Crippen LogP) is 3.40. The number of rotatable bonds is 8. The van der Waals surface area contributed by atoms with E-state index < -0.39 is 0 Å². The van der Waals surface area contributed by atoms with Gasteiger partial charge in [-0.25, -0.2) is 4.98 Å². The first kappa shape index (κ1) is 15.6. The molecule has 0 radical (unpaired) electrons. The van der Waals surface area contributed by atoms with E-state index >= 15 is 0 Å². The molecule has 0 unspecified atom stereocenters. The van der Waals surface area contributed by atoms with Crippen LogP contribution in [0.2, 0.25) is 0 Å². The molecule has 23 heavy (non-hydrogen) atoms. The van der Waals surface area contributed by atoms with Crippen LogP contribution in [0.15, 0.2) is 54.6 Å². The van der Waals surface area contributed by atoms with Gasteiger partial charge in [0.1, 0.15) is 11.6 Å². The van der Waals surface area contributed by atoms with E-state index in [4.69, 9.17) is 15.5 Å². The van der Waals surface area contributed by atoms with Crippen molar-refractivity contribution in [2.75, 3.05) is 13.2 Å². The van der Waals surface area contributed by atoms with E-state index in [9.17, 15) is 0 Å². The Morgan fingerprint density at radius 1 is 0.957 bits per heavy atom. The highest BCUT2D eigenvalue weighted by molar-refractivity contribution is 5.75. The Kier molecular flexibility index (Phi) is 5.27. The number of hydrogen-bond donors (Lipinski definition) is 1. The smallest absolute Gasteiger partial charge is 0.119 e. The van der Waals surface area contributed by atoms with E-state index in [1.807, 2.05) is 36.4 Å². The Hall–Kier alpha value is -2.33. The van der Waals surface area contributed by atoms with Crippen LogP contribution in [0, 0.1) is 0 Å². The van der Waals surface area contributed by atoms with Crippen LogP contribution in [0.3, 0.4) is 0 Å². The quantitative estimate of drug-likeness (QED) is 0.649. The number of ether oxygens (including phenoxy) is 1. The maximum Gasteiger partial charge on any atom is 0.119 e. The van der Waals surface area contributed by atoms with E-state index in [1.165, 1.54) is 5.52 Å². The van der Waals surface area contributed by atoms with Crippen LogP contribution in [0.5, 0.6) is 5.75 Å². The summed E-state index contributed by atoms with van der Waals surface area (Å²) in [6, 6.07) is 18.2. The fourth-order valence-corrected chi connectivity index (χ4v) is 2.76. The van der Waals surface area contributed by atoms with Gasteiger partial charge in [-0.3, -0.25) is 0 Å². The van der Waals surface area contributed by atoms with Crippen molar-refractivity contribution in [3.63, 3.8) is 0 Å². The second-order valence-electron chi connectivity index (χ2n) is 5.58. The minimum Gasteiger partial charge on any atom is -0.494 e. The summed E-state index contributed by atoms with van der Waals surface area (Å²) < 4.78 is 8.09. The number of hydrogen-bond acceptors (Lipinski definition) is 3. The molecule has 3 aromatic rings. The van der Waals surface area contributed by atoms with Gasteiger partial charge in [-0.15, -0.1) is 0 Å². The molecule has 0 amide bonds. The van der Waals surface area contributed by atoms with Gasteiger partial charge in [0.2, 0.25) is 0 Å². The fourth-order valence-electron chi connectivity index (χ4n) is 2.76. The van der Waals surface area contributed by atoms with Crippen LogP contribution in [0.4, 0.5) is 0 Å². The van der Waals surface area contributed by atoms with Gasteiger partial charge in [0.05, 0.1) is 17.6 Å². The lowest BCUT2D eigenvalue weighted by molar-refractivity contribution is 0.301. The van der Waals surface area contributed by atoms with Crippen LogP contribution in [-0.2, 0) is 13.0 Å². The maximum absolute atomic E-state index is 5.78. The standard InChI is InChI=1S/C19H23N3O/c20-13-6-12-19-21-17-10-4-5-11-18(17)22(19)14-7-15-23-16-8-2-1-3-9-16/h1-5,8-11H,6-7,12-15,20H2.